The van der Waals surface area contributed by atoms with Gasteiger partial charge in [0.2, 0.25) is 11.8 Å². The zero-order chi connectivity index (χ0) is 25.7. The van der Waals surface area contributed by atoms with Gasteiger partial charge in [0.05, 0.1) is 0 Å². The molecule has 0 saturated carbocycles. The van der Waals surface area contributed by atoms with Crippen LogP contribution >= 0.6 is 23.2 Å². The Kier molecular flexibility index (Phi) is 9.62. The van der Waals surface area contributed by atoms with Crippen LogP contribution in [0.5, 0.6) is 0 Å². The molecule has 2 rings (SSSR count). The summed E-state index contributed by atoms with van der Waals surface area (Å²) in [5, 5.41) is 3.98. The molecule has 186 valence electrons. The van der Waals surface area contributed by atoms with Gasteiger partial charge in [-0.15, -0.1) is 0 Å². The smallest absolute Gasteiger partial charge is 0.243 e. The SMILES string of the molecule is CC[C@H](C(=O)NC(C)(C)C)N(Cc1c(Cl)cccc1Cl)C(=O)CCc1ccc(C(C)(C)C)cc1. The zero-order valence-electron chi connectivity index (χ0n) is 21.5. The van der Waals surface area contributed by atoms with E-state index in [0.29, 0.717) is 28.5 Å². The number of nitrogens with one attached hydrogen (secondary N) is 1. The predicted molar refractivity (Wildman–Crippen MR) is 142 cm³/mol. The van der Waals surface area contributed by atoms with Gasteiger partial charge in [0.15, 0.2) is 0 Å². The van der Waals surface area contributed by atoms with Crippen LogP contribution in [0.25, 0.3) is 0 Å². The highest BCUT2D eigenvalue weighted by Crippen LogP contribution is 2.28. The third-order valence-corrected chi connectivity index (χ3v) is 6.43. The lowest BCUT2D eigenvalue weighted by atomic mass is 9.86. The minimum atomic E-state index is -0.623. The molecule has 2 aromatic carbocycles. The van der Waals surface area contributed by atoms with E-state index < -0.39 is 11.6 Å². The maximum atomic E-state index is 13.5. The standard InChI is InChI=1S/C28H38Cl2N2O2/c1-8-24(26(34)31-28(5,6)7)32(18-21-22(29)10-9-11-23(21)30)25(33)17-14-19-12-15-20(16-13-19)27(2,3)4/h9-13,15-16,24H,8,14,17-18H2,1-7H3,(H,31,34)/t24-/m1/s1. The normalized spacial score (nSPS) is 12.9. The van der Waals surface area contributed by atoms with Crippen molar-refractivity contribution < 1.29 is 9.59 Å². The lowest BCUT2D eigenvalue weighted by Gasteiger charge is -2.33. The molecule has 0 aliphatic heterocycles. The Hall–Kier alpha value is -2.04. The molecule has 34 heavy (non-hydrogen) atoms. The maximum absolute atomic E-state index is 13.5. The second-order valence-electron chi connectivity index (χ2n) is 10.8. The number of carbonyl (C=O) groups is 2. The lowest BCUT2D eigenvalue weighted by Crippen LogP contribution is -2.53. The van der Waals surface area contributed by atoms with Crippen molar-refractivity contribution in [1.29, 1.82) is 0 Å². The van der Waals surface area contributed by atoms with Gasteiger partial charge < -0.3 is 10.2 Å². The molecule has 1 atom stereocenters. The minimum absolute atomic E-state index is 0.0775. The fourth-order valence-electron chi connectivity index (χ4n) is 3.79. The summed E-state index contributed by atoms with van der Waals surface area (Å²) in [5.41, 5.74) is 2.66. The summed E-state index contributed by atoms with van der Waals surface area (Å²) >= 11 is 12.8. The van der Waals surface area contributed by atoms with E-state index in [-0.39, 0.29) is 30.2 Å². The molecule has 0 radical (unpaired) electrons. The molecule has 0 aromatic heterocycles. The van der Waals surface area contributed by atoms with E-state index in [1.165, 1.54) is 5.56 Å². The number of benzene rings is 2. The van der Waals surface area contributed by atoms with Crippen LogP contribution in [0.1, 0.15) is 78.0 Å². The van der Waals surface area contributed by atoms with Gasteiger partial charge >= 0.3 is 0 Å². The largest absolute Gasteiger partial charge is 0.350 e. The highest BCUT2D eigenvalue weighted by molar-refractivity contribution is 6.36. The molecule has 0 spiro atoms. The topological polar surface area (TPSA) is 49.4 Å². The van der Waals surface area contributed by atoms with Gasteiger partial charge in [0.25, 0.3) is 0 Å². The van der Waals surface area contributed by atoms with Crippen LogP contribution in [0.15, 0.2) is 42.5 Å². The number of rotatable bonds is 8. The van der Waals surface area contributed by atoms with Gasteiger partial charge in [-0.3, -0.25) is 9.59 Å². The summed E-state index contributed by atoms with van der Waals surface area (Å²) in [5.74, 6) is -0.284. The average Bonchev–Trinajstić information content (AvgIpc) is 2.72. The molecule has 0 unspecified atom stereocenters. The first-order valence-electron chi connectivity index (χ1n) is 11.9. The number of aryl methyl sites for hydroxylation is 1. The Morgan fingerprint density at radius 3 is 1.97 bits per heavy atom. The molecule has 6 heteroatoms. The van der Waals surface area contributed by atoms with Gasteiger partial charge in [-0.1, -0.05) is 81.2 Å². The first kappa shape index (κ1) is 28.2. The lowest BCUT2D eigenvalue weighted by molar-refractivity contribution is -0.142. The van der Waals surface area contributed by atoms with E-state index in [1.54, 1.807) is 23.1 Å². The van der Waals surface area contributed by atoms with Crippen LogP contribution < -0.4 is 5.32 Å². The van der Waals surface area contributed by atoms with Crippen LogP contribution in [0.4, 0.5) is 0 Å². The minimum Gasteiger partial charge on any atom is -0.350 e. The van der Waals surface area contributed by atoms with Crippen molar-refractivity contribution in [3.63, 3.8) is 0 Å². The summed E-state index contributed by atoms with van der Waals surface area (Å²) < 4.78 is 0. The van der Waals surface area contributed by atoms with Crippen molar-refractivity contribution in [2.75, 3.05) is 0 Å². The molecule has 0 fully saturated rings. The molecule has 1 N–H and O–H groups in total. The second kappa shape index (κ2) is 11.6. The van der Waals surface area contributed by atoms with Crippen LogP contribution in [0, 0.1) is 0 Å². The van der Waals surface area contributed by atoms with Gasteiger partial charge in [0.1, 0.15) is 6.04 Å². The molecule has 0 aliphatic carbocycles. The van der Waals surface area contributed by atoms with Crippen molar-refractivity contribution >= 4 is 35.0 Å². The number of hydrogen-bond donors (Lipinski definition) is 1. The molecular weight excluding hydrogens is 467 g/mol. The Morgan fingerprint density at radius 1 is 0.941 bits per heavy atom. The van der Waals surface area contributed by atoms with Crippen molar-refractivity contribution in [2.45, 2.75) is 91.3 Å². The summed E-state index contributed by atoms with van der Waals surface area (Å²) in [6, 6.07) is 13.0. The summed E-state index contributed by atoms with van der Waals surface area (Å²) in [4.78, 5) is 28.3. The first-order valence-corrected chi connectivity index (χ1v) is 12.6. The van der Waals surface area contributed by atoms with Crippen molar-refractivity contribution in [3.8, 4) is 0 Å². The zero-order valence-corrected chi connectivity index (χ0v) is 23.0. The van der Waals surface area contributed by atoms with Gasteiger partial charge in [-0.25, -0.2) is 0 Å². The van der Waals surface area contributed by atoms with E-state index >= 15 is 0 Å². The van der Waals surface area contributed by atoms with Gasteiger partial charge in [-0.2, -0.15) is 0 Å². The number of hydrogen-bond acceptors (Lipinski definition) is 2. The Labute approximate surface area is 215 Å². The van der Waals surface area contributed by atoms with Crippen LogP contribution in [0.3, 0.4) is 0 Å². The van der Waals surface area contributed by atoms with Crippen molar-refractivity contribution in [1.82, 2.24) is 10.2 Å². The summed E-state index contributed by atoms with van der Waals surface area (Å²) in [6.45, 7) is 14.4. The number of carbonyl (C=O) groups excluding carboxylic acids is 2. The predicted octanol–water partition coefficient (Wildman–Crippen LogP) is 6.95. The Balaban J connectivity index is 2.28. The molecule has 0 aliphatic rings. The molecule has 0 saturated heterocycles. The van der Waals surface area contributed by atoms with E-state index in [1.807, 2.05) is 27.7 Å². The van der Waals surface area contributed by atoms with E-state index in [2.05, 4.69) is 50.4 Å². The van der Waals surface area contributed by atoms with Crippen molar-refractivity contribution in [2.24, 2.45) is 0 Å². The summed E-state index contributed by atoms with van der Waals surface area (Å²) in [7, 11) is 0. The van der Waals surface area contributed by atoms with E-state index in [4.69, 9.17) is 23.2 Å². The molecule has 2 aromatic rings. The first-order chi connectivity index (χ1) is 15.7. The van der Waals surface area contributed by atoms with Gasteiger partial charge in [-0.05, 0) is 62.3 Å². The van der Waals surface area contributed by atoms with E-state index in [0.717, 1.165) is 5.56 Å². The molecule has 2 amide bonds. The third-order valence-electron chi connectivity index (χ3n) is 5.72. The summed E-state index contributed by atoms with van der Waals surface area (Å²) in [6.07, 6.45) is 1.36. The molecular formula is C28H38Cl2N2O2. The highest BCUT2D eigenvalue weighted by Gasteiger charge is 2.31. The quantitative estimate of drug-likeness (QED) is 0.422. The molecule has 4 nitrogen and oxygen atoms in total. The number of halogens is 2. The van der Waals surface area contributed by atoms with Crippen molar-refractivity contribution in [3.05, 3.63) is 69.2 Å². The monoisotopic (exact) mass is 504 g/mol. The molecule has 0 bridgehead atoms. The fraction of sp³-hybridized carbons (Fsp3) is 0.500. The number of amides is 2. The number of nitrogens with zero attached hydrogens (tertiary/aromatic N) is 1. The Morgan fingerprint density at radius 2 is 1.50 bits per heavy atom. The van der Waals surface area contributed by atoms with Crippen LogP contribution in [0.2, 0.25) is 10.0 Å². The van der Waals surface area contributed by atoms with Crippen LogP contribution in [-0.2, 0) is 28.0 Å². The maximum Gasteiger partial charge on any atom is 0.243 e. The van der Waals surface area contributed by atoms with E-state index in [9.17, 15) is 9.59 Å². The Bertz CT molecular complexity index is 969. The van der Waals surface area contributed by atoms with Crippen LogP contribution in [-0.4, -0.2) is 28.3 Å². The molecule has 0 heterocycles. The average molecular weight is 506 g/mol. The third kappa shape index (κ3) is 8.02. The highest BCUT2D eigenvalue weighted by atomic mass is 35.5. The van der Waals surface area contributed by atoms with Gasteiger partial charge in [0, 0.05) is 34.1 Å². The fourth-order valence-corrected chi connectivity index (χ4v) is 4.31. The second-order valence-corrected chi connectivity index (χ2v) is 11.6.